The maximum absolute atomic E-state index is 13.2. The summed E-state index contributed by atoms with van der Waals surface area (Å²) in [5.41, 5.74) is 1.72. The fourth-order valence-corrected chi connectivity index (χ4v) is 4.19. The standard InChI is InChI=1S/C19H23BrF4N4O/c20-16-15(4-3-14-17(16)25-26-28(14)9-12-1-2-12)29-10-13-5-7-27(8-6-13)11-19(23,24)18(21)22/h3-4,12-13,18H,1-2,5-11H2. The van der Waals surface area contributed by atoms with Crippen LogP contribution in [0.4, 0.5) is 17.6 Å². The zero-order chi connectivity index (χ0) is 20.6. The molecular weight excluding hydrogens is 456 g/mol. The highest BCUT2D eigenvalue weighted by molar-refractivity contribution is 9.10. The molecule has 2 heterocycles. The quantitative estimate of drug-likeness (QED) is 0.520. The van der Waals surface area contributed by atoms with Crippen LogP contribution in [0, 0.1) is 11.8 Å². The second kappa shape index (κ2) is 8.37. The number of likely N-dealkylation sites (tertiary alicyclic amines) is 1. The number of hydrogen-bond donors (Lipinski definition) is 0. The van der Waals surface area contributed by atoms with Crippen molar-refractivity contribution in [3.05, 3.63) is 16.6 Å². The van der Waals surface area contributed by atoms with E-state index in [0.717, 1.165) is 22.1 Å². The molecule has 0 bridgehead atoms. The molecule has 0 unspecified atom stereocenters. The van der Waals surface area contributed by atoms with Crippen molar-refractivity contribution >= 4 is 27.0 Å². The summed E-state index contributed by atoms with van der Waals surface area (Å²) in [6.07, 6.45) is 0.121. The minimum atomic E-state index is -3.96. The van der Waals surface area contributed by atoms with Crippen molar-refractivity contribution in [2.45, 2.75) is 44.6 Å². The van der Waals surface area contributed by atoms with E-state index in [0.29, 0.717) is 44.2 Å². The summed E-state index contributed by atoms with van der Waals surface area (Å²) in [6, 6.07) is 3.84. The van der Waals surface area contributed by atoms with E-state index in [1.807, 2.05) is 16.8 Å². The van der Waals surface area contributed by atoms with Crippen LogP contribution in [0.25, 0.3) is 11.0 Å². The van der Waals surface area contributed by atoms with E-state index in [4.69, 9.17) is 4.74 Å². The molecule has 2 fully saturated rings. The van der Waals surface area contributed by atoms with Gasteiger partial charge in [-0.1, -0.05) is 5.21 Å². The molecule has 0 N–H and O–H groups in total. The number of aromatic nitrogens is 3. The van der Waals surface area contributed by atoms with Gasteiger partial charge >= 0.3 is 12.3 Å². The molecule has 0 radical (unpaired) electrons. The molecule has 1 aromatic carbocycles. The second-order valence-corrected chi connectivity index (χ2v) is 8.85. The molecule has 4 rings (SSSR count). The van der Waals surface area contributed by atoms with Crippen LogP contribution in [-0.2, 0) is 6.54 Å². The van der Waals surface area contributed by atoms with Crippen molar-refractivity contribution in [1.29, 1.82) is 0 Å². The van der Waals surface area contributed by atoms with Crippen molar-refractivity contribution in [2.24, 2.45) is 11.8 Å². The summed E-state index contributed by atoms with van der Waals surface area (Å²) < 4.78 is 59.8. The number of piperidine rings is 1. The molecule has 5 nitrogen and oxygen atoms in total. The largest absolute Gasteiger partial charge is 0.492 e. The van der Waals surface area contributed by atoms with E-state index in [2.05, 4.69) is 26.2 Å². The Morgan fingerprint density at radius 1 is 1.14 bits per heavy atom. The number of halogens is 5. The predicted octanol–water partition coefficient (Wildman–Crippen LogP) is 4.60. The highest BCUT2D eigenvalue weighted by Gasteiger charge is 2.42. The van der Waals surface area contributed by atoms with Crippen molar-refractivity contribution < 1.29 is 22.3 Å². The molecule has 1 aliphatic carbocycles. The minimum absolute atomic E-state index is 0.194. The molecule has 2 aromatic rings. The number of nitrogens with zero attached hydrogens (tertiary/aromatic N) is 4. The van der Waals surface area contributed by atoms with E-state index in [9.17, 15) is 17.6 Å². The van der Waals surface area contributed by atoms with E-state index < -0.39 is 18.9 Å². The van der Waals surface area contributed by atoms with Gasteiger partial charge < -0.3 is 4.74 Å². The number of ether oxygens (including phenoxy) is 1. The Morgan fingerprint density at radius 3 is 2.52 bits per heavy atom. The first kappa shape index (κ1) is 20.8. The zero-order valence-corrected chi connectivity index (χ0v) is 17.4. The molecule has 1 aromatic heterocycles. The Hall–Kier alpha value is -1.42. The van der Waals surface area contributed by atoms with Gasteiger partial charge in [0, 0.05) is 6.54 Å². The summed E-state index contributed by atoms with van der Waals surface area (Å²) in [5.74, 6) is -2.40. The molecule has 1 aliphatic heterocycles. The zero-order valence-electron chi connectivity index (χ0n) is 15.8. The summed E-state index contributed by atoms with van der Waals surface area (Å²) in [4.78, 5) is 1.41. The van der Waals surface area contributed by atoms with Gasteiger partial charge in [0.2, 0.25) is 0 Å². The monoisotopic (exact) mass is 478 g/mol. The lowest BCUT2D eigenvalue weighted by Gasteiger charge is -2.33. The second-order valence-electron chi connectivity index (χ2n) is 8.05. The van der Waals surface area contributed by atoms with Gasteiger partial charge in [-0.15, -0.1) is 5.10 Å². The average molecular weight is 479 g/mol. The van der Waals surface area contributed by atoms with Crippen LogP contribution in [0.3, 0.4) is 0 Å². The van der Waals surface area contributed by atoms with Gasteiger partial charge in [-0.05, 0) is 78.7 Å². The van der Waals surface area contributed by atoms with Crippen LogP contribution in [0.5, 0.6) is 5.75 Å². The Balaban J connectivity index is 1.30. The van der Waals surface area contributed by atoms with Gasteiger partial charge in [0.15, 0.2) is 0 Å². The lowest BCUT2D eigenvalue weighted by molar-refractivity contribution is -0.144. The number of hydrogen-bond acceptors (Lipinski definition) is 4. The van der Waals surface area contributed by atoms with Crippen LogP contribution in [0.15, 0.2) is 16.6 Å². The Labute approximate surface area is 174 Å². The van der Waals surface area contributed by atoms with Crippen molar-refractivity contribution in [2.75, 3.05) is 26.2 Å². The van der Waals surface area contributed by atoms with E-state index in [1.165, 1.54) is 17.7 Å². The van der Waals surface area contributed by atoms with Gasteiger partial charge in [-0.2, -0.15) is 8.78 Å². The van der Waals surface area contributed by atoms with Crippen LogP contribution in [0.1, 0.15) is 25.7 Å². The number of benzene rings is 1. The third-order valence-corrected chi connectivity index (χ3v) is 6.42. The molecule has 0 atom stereocenters. The van der Waals surface area contributed by atoms with E-state index in [1.54, 1.807) is 0 Å². The van der Waals surface area contributed by atoms with Crippen LogP contribution < -0.4 is 4.74 Å². The lowest BCUT2D eigenvalue weighted by Crippen LogP contribution is -2.45. The molecule has 10 heteroatoms. The predicted molar refractivity (Wildman–Crippen MR) is 104 cm³/mol. The van der Waals surface area contributed by atoms with Crippen molar-refractivity contribution in [3.8, 4) is 5.75 Å². The van der Waals surface area contributed by atoms with Gasteiger partial charge in [-0.25, -0.2) is 13.5 Å². The summed E-state index contributed by atoms with van der Waals surface area (Å²) >= 11 is 3.55. The third-order valence-electron chi connectivity index (χ3n) is 5.65. The summed E-state index contributed by atoms with van der Waals surface area (Å²) in [6.45, 7) is 1.17. The molecule has 29 heavy (non-hydrogen) atoms. The summed E-state index contributed by atoms with van der Waals surface area (Å²) in [5, 5.41) is 8.50. The first-order valence-electron chi connectivity index (χ1n) is 9.86. The molecule has 160 valence electrons. The SMILES string of the molecule is FC(F)C(F)(F)CN1CCC(COc2ccc3c(nnn3CC3CC3)c2Br)CC1. The van der Waals surface area contributed by atoms with Crippen LogP contribution in [0.2, 0.25) is 0 Å². The van der Waals surface area contributed by atoms with E-state index >= 15 is 0 Å². The number of rotatable bonds is 8. The number of alkyl halides is 4. The minimum Gasteiger partial charge on any atom is -0.492 e. The Kier molecular flexibility index (Phi) is 6.02. The van der Waals surface area contributed by atoms with Gasteiger partial charge in [0.05, 0.1) is 23.1 Å². The Bertz CT molecular complexity index is 850. The normalized spacial score (nSPS) is 19.4. The van der Waals surface area contributed by atoms with Crippen molar-refractivity contribution in [3.63, 3.8) is 0 Å². The molecular formula is C19H23BrF4N4O. The van der Waals surface area contributed by atoms with E-state index in [-0.39, 0.29) is 5.92 Å². The highest BCUT2D eigenvalue weighted by atomic mass is 79.9. The molecule has 1 saturated heterocycles. The third kappa shape index (κ3) is 4.84. The molecule has 0 amide bonds. The molecule has 2 aliphatic rings. The molecule has 1 saturated carbocycles. The van der Waals surface area contributed by atoms with Gasteiger partial charge in [0.1, 0.15) is 11.3 Å². The molecule has 0 spiro atoms. The van der Waals surface area contributed by atoms with Gasteiger partial charge in [0.25, 0.3) is 0 Å². The highest BCUT2D eigenvalue weighted by Crippen LogP contribution is 2.35. The first-order chi connectivity index (χ1) is 13.8. The van der Waals surface area contributed by atoms with Crippen molar-refractivity contribution in [1.82, 2.24) is 19.9 Å². The fourth-order valence-electron chi connectivity index (χ4n) is 3.66. The lowest BCUT2D eigenvalue weighted by atomic mass is 9.97. The smallest absolute Gasteiger partial charge is 0.319 e. The van der Waals surface area contributed by atoms with Crippen LogP contribution >= 0.6 is 15.9 Å². The van der Waals surface area contributed by atoms with Crippen LogP contribution in [-0.4, -0.2) is 58.5 Å². The maximum Gasteiger partial charge on any atom is 0.319 e. The average Bonchev–Trinajstić information content (AvgIpc) is 3.40. The number of fused-ring (bicyclic) bond motifs is 1. The first-order valence-corrected chi connectivity index (χ1v) is 10.7. The topological polar surface area (TPSA) is 43.2 Å². The summed E-state index contributed by atoms with van der Waals surface area (Å²) in [7, 11) is 0. The maximum atomic E-state index is 13.2. The fraction of sp³-hybridized carbons (Fsp3) is 0.684. The van der Waals surface area contributed by atoms with Gasteiger partial charge in [-0.3, -0.25) is 4.90 Å². The Morgan fingerprint density at radius 2 is 1.86 bits per heavy atom.